The van der Waals surface area contributed by atoms with Gasteiger partial charge in [-0.3, -0.25) is 4.57 Å². The maximum absolute atomic E-state index is 10.6. The van der Waals surface area contributed by atoms with Gasteiger partial charge < -0.3 is 16.7 Å². The van der Waals surface area contributed by atoms with Crippen LogP contribution in [0.2, 0.25) is 0 Å². The topological polar surface area (TPSA) is 57.5 Å². The SMILES string of the molecule is C=Cc1ccc(CP(=O)(O)O)cc1.[CH2-]C.[Li+]. The van der Waals surface area contributed by atoms with Crippen LogP contribution in [0.3, 0.4) is 0 Å². The van der Waals surface area contributed by atoms with Crippen molar-refractivity contribution in [2.75, 3.05) is 0 Å². The van der Waals surface area contributed by atoms with E-state index in [1.165, 1.54) is 0 Å². The molecule has 1 rings (SSSR count). The summed E-state index contributed by atoms with van der Waals surface area (Å²) in [6.07, 6.45) is 1.48. The molecule has 0 radical (unpaired) electrons. The summed E-state index contributed by atoms with van der Waals surface area (Å²) < 4.78 is 10.6. The van der Waals surface area contributed by atoms with Gasteiger partial charge in [-0.25, -0.2) is 0 Å². The van der Waals surface area contributed by atoms with E-state index in [-0.39, 0.29) is 25.0 Å². The van der Waals surface area contributed by atoms with Crippen LogP contribution in [0.5, 0.6) is 0 Å². The molecular weight excluding hydrogens is 218 g/mol. The Kier molecular flexibility index (Phi) is 9.96. The first-order valence-electron chi connectivity index (χ1n) is 4.48. The van der Waals surface area contributed by atoms with E-state index in [9.17, 15) is 4.57 Å². The molecule has 0 unspecified atom stereocenters. The number of hydrogen-bond acceptors (Lipinski definition) is 1. The van der Waals surface area contributed by atoms with Crippen LogP contribution in [0.15, 0.2) is 30.8 Å². The molecule has 3 nitrogen and oxygen atoms in total. The largest absolute Gasteiger partial charge is 1.00 e. The van der Waals surface area contributed by atoms with Gasteiger partial charge in [-0.2, -0.15) is 6.92 Å². The Bertz CT molecular complexity index is 343. The molecule has 5 heteroatoms. The van der Waals surface area contributed by atoms with E-state index in [2.05, 4.69) is 13.5 Å². The van der Waals surface area contributed by atoms with Gasteiger partial charge in [0.1, 0.15) is 0 Å². The van der Waals surface area contributed by atoms with Crippen molar-refractivity contribution in [1.82, 2.24) is 0 Å². The fourth-order valence-electron chi connectivity index (χ4n) is 0.997. The summed E-state index contributed by atoms with van der Waals surface area (Å²) in [6.45, 7) is 8.58. The van der Waals surface area contributed by atoms with Gasteiger partial charge in [0, 0.05) is 0 Å². The number of benzene rings is 1. The molecule has 0 aliphatic heterocycles. The van der Waals surface area contributed by atoms with E-state index >= 15 is 0 Å². The predicted molar refractivity (Wildman–Crippen MR) is 63.3 cm³/mol. The van der Waals surface area contributed by atoms with Crippen LogP contribution in [0.25, 0.3) is 6.08 Å². The van der Waals surface area contributed by atoms with Crippen LogP contribution in [0.1, 0.15) is 18.1 Å². The van der Waals surface area contributed by atoms with Crippen LogP contribution in [-0.2, 0) is 10.7 Å². The molecule has 16 heavy (non-hydrogen) atoms. The molecular formula is C11H16LiO3P. The van der Waals surface area contributed by atoms with Crippen molar-refractivity contribution < 1.29 is 33.2 Å². The fraction of sp³-hybridized carbons (Fsp3) is 0.182. The summed E-state index contributed by atoms with van der Waals surface area (Å²) in [4.78, 5) is 17.4. The minimum atomic E-state index is -3.94. The van der Waals surface area contributed by atoms with Gasteiger partial charge in [0.05, 0.1) is 6.16 Å². The van der Waals surface area contributed by atoms with E-state index in [4.69, 9.17) is 9.79 Å². The quantitative estimate of drug-likeness (QED) is 0.434. The summed E-state index contributed by atoms with van der Waals surface area (Å²) >= 11 is 0. The molecule has 1 aromatic carbocycles. The molecule has 0 atom stereocenters. The maximum atomic E-state index is 10.6. The van der Waals surface area contributed by atoms with Gasteiger partial charge in [0.2, 0.25) is 0 Å². The average Bonchev–Trinajstić information content (AvgIpc) is 2.20. The third-order valence-electron chi connectivity index (χ3n) is 1.60. The first-order chi connectivity index (χ1) is 7.01. The van der Waals surface area contributed by atoms with Crippen molar-refractivity contribution in [1.29, 1.82) is 0 Å². The molecule has 1 aromatic rings. The summed E-state index contributed by atoms with van der Waals surface area (Å²) in [5.41, 5.74) is 1.58. The monoisotopic (exact) mass is 234 g/mol. The van der Waals surface area contributed by atoms with Gasteiger partial charge in [-0.1, -0.05) is 36.9 Å². The molecule has 0 fully saturated rings. The number of hydrogen-bond donors (Lipinski definition) is 2. The van der Waals surface area contributed by atoms with Crippen molar-refractivity contribution in [2.45, 2.75) is 13.1 Å². The molecule has 0 bridgehead atoms. The fourth-order valence-corrected chi connectivity index (χ4v) is 1.68. The third kappa shape index (κ3) is 7.93. The summed E-state index contributed by atoms with van der Waals surface area (Å²) in [5.74, 6) is 0. The standard InChI is InChI=1S/C9H11O3P.C2H5.Li/c1-2-8-3-5-9(6-4-8)7-13(10,11)12;1-2;/h2-6H,1,7H2,(H2,10,11,12);1H2,2H3;/q;-1;+1. The number of rotatable bonds is 3. The summed E-state index contributed by atoms with van der Waals surface area (Å²) in [7, 11) is -3.94. The van der Waals surface area contributed by atoms with Crippen molar-refractivity contribution in [3.8, 4) is 0 Å². The van der Waals surface area contributed by atoms with Crippen LogP contribution in [0, 0.1) is 6.92 Å². The Morgan fingerprint density at radius 2 is 1.75 bits per heavy atom. The molecule has 0 heterocycles. The van der Waals surface area contributed by atoms with Crippen LogP contribution < -0.4 is 18.9 Å². The molecule has 0 saturated carbocycles. The second-order valence-electron chi connectivity index (χ2n) is 2.77. The molecule has 0 aromatic heterocycles. The maximum Gasteiger partial charge on any atom is 1.00 e. The second-order valence-corrected chi connectivity index (χ2v) is 4.41. The zero-order valence-electron chi connectivity index (χ0n) is 9.76. The van der Waals surface area contributed by atoms with Crippen molar-refractivity contribution in [2.24, 2.45) is 0 Å². The Balaban J connectivity index is 0. The smallest absolute Gasteiger partial charge is 0.346 e. The third-order valence-corrected chi connectivity index (χ3v) is 2.38. The average molecular weight is 234 g/mol. The summed E-state index contributed by atoms with van der Waals surface area (Å²) in [6, 6.07) is 6.93. The van der Waals surface area contributed by atoms with E-state index < -0.39 is 7.60 Å². The minimum absolute atomic E-state index is 0. The van der Waals surface area contributed by atoms with E-state index in [0.29, 0.717) is 5.56 Å². The molecule has 84 valence electrons. The Morgan fingerprint density at radius 3 is 2.06 bits per heavy atom. The van der Waals surface area contributed by atoms with Crippen molar-refractivity contribution in [3.63, 3.8) is 0 Å². The Morgan fingerprint density at radius 1 is 1.31 bits per heavy atom. The molecule has 0 amide bonds. The zero-order valence-corrected chi connectivity index (χ0v) is 10.7. The van der Waals surface area contributed by atoms with Gasteiger partial charge in [0.25, 0.3) is 0 Å². The minimum Gasteiger partial charge on any atom is -0.346 e. The predicted octanol–water partition coefficient (Wildman–Crippen LogP) is -0.148. The van der Waals surface area contributed by atoms with Crippen LogP contribution >= 0.6 is 7.60 Å². The van der Waals surface area contributed by atoms with Gasteiger partial charge in [0.15, 0.2) is 0 Å². The molecule has 2 N–H and O–H groups in total. The normalized spacial score (nSPS) is 9.50. The van der Waals surface area contributed by atoms with Gasteiger partial charge >= 0.3 is 26.5 Å². The molecule has 0 saturated heterocycles. The molecule has 0 aliphatic carbocycles. The summed E-state index contributed by atoms with van der Waals surface area (Å²) in [5, 5.41) is 0. The second kappa shape index (κ2) is 8.81. The Hall–Kier alpha value is -0.293. The van der Waals surface area contributed by atoms with Crippen molar-refractivity contribution >= 4 is 13.7 Å². The first kappa shape index (κ1) is 18.1. The van der Waals surface area contributed by atoms with Gasteiger partial charge in [-0.15, -0.1) is 0 Å². The van der Waals surface area contributed by atoms with E-state index in [1.54, 1.807) is 37.3 Å². The van der Waals surface area contributed by atoms with Crippen LogP contribution in [0.4, 0.5) is 0 Å². The van der Waals surface area contributed by atoms with E-state index in [0.717, 1.165) is 5.56 Å². The van der Waals surface area contributed by atoms with Crippen molar-refractivity contribution in [3.05, 3.63) is 48.9 Å². The van der Waals surface area contributed by atoms with E-state index in [1.807, 2.05) is 0 Å². The zero-order chi connectivity index (χ0) is 11.9. The first-order valence-corrected chi connectivity index (χ1v) is 6.28. The van der Waals surface area contributed by atoms with Crippen LogP contribution in [-0.4, -0.2) is 9.79 Å². The van der Waals surface area contributed by atoms with Gasteiger partial charge in [-0.05, 0) is 11.1 Å². The molecule has 0 aliphatic rings. The Labute approximate surface area is 109 Å². The molecule has 0 spiro atoms.